The molecule has 3 N–H and O–H groups in total. The van der Waals surface area contributed by atoms with Gasteiger partial charge in [0.1, 0.15) is 23.9 Å². The molecule has 0 aliphatic carbocycles. The van der Waals surface area contributed by atoms with Crippen molar-refractivity contribution in [2.24, 2.45) is 5.73 Å². The molecule has 140 valence electrons. The van der Waals surface area contributed by atoms with Crippen LogP contribution in [0.4, 0.5) is 0 Å². The number of aryl methyl sites for hydroxylation is 1. The largest absolute Gasteiger partial charge is 0.496 e. The molecule has 2 aromatic rings. The van der Waals surface area contributed by atoms with E-state index in [-0.39, 0.29) is 13.2 Å². The molecule has 2 rings (SSSR count). The quantitative estimate of drug-likeness (QED) is 0.694. The Balaban J connectivity index is 1.89. The highest BCUT2D eigenvalue weighted by Crippen LogP contribution is 2.27. The van der Waals surface area contributed by atoms with Gasteiger partial charge in [0.2, 0.25) is 0 Å². The van der Waals surface area contributed by atoms with Gasteiger partial charge in [-0.2, -0.15) is 0 Å². The molecule has 6 heteroatoms. The Labute approximate surface area is 158 Å². The van der Waals surface area contributed by atoms with Gasteiger partial charge in [0.05, 0.1) is 25.7 Å². The van der Waals surface area contributed by atoms with Gasteiger partial charge >= 0.3 is 0 Å². The van der Waals surface area contributed by atoms with Crippen molar-refractivity contribution in [3.8, 4) is 29.1 Å². The molecule has 1 aromatic heterocycles. The van der Waals surface area contributed by atoms with E-state index in [9.17, 15) is 5.11 Å². The Morgan fingerprint density at radius 3 is 2.38 bits per heavy atom. The summed E-state index contributed by atoms with van der Waals surface area (Å²) in [7, 11) is 3.20. The van der Waals surface area contributed by atoms with E-state index in [1.165, 1.54) is 4.88 Å². The number of methoxy groups -OCH3 is 2. The second-order valence-electron chi connectivity index (χ2n) is 6.22. The van der Waals surface area contributed by atoms with Crippen molar-refractivity contribution in [2.45, 2.75) is 25.3 Å². The van der Waals surface area contributed by atoms with E-state index in [2.05, 4.69) is 17.9 Å². The SMILES string of the molecule is COc1cc(OC)cc(OCC#Cc2ccc(CCC(C)(N)CO)s2)c1. The molecule has 1 atom stereocenters. The summed E-state index contributed by atoms with van der Waals surface area (Å²) in [5, 5.41) is 9.21. The molecule has 26 heavy (non-hydrogen) atoms. The van der Waals surface area contributed by atoms with Gasteiger partial charge in [-0.15, -0.1) is 11.3 Å². The zero-order valence-electron chi connectivity index (χ0n) is 15.4. The van der Waals surface area contributed by atoms with Gasteiger partial charge in [0.15, 0.2) is 0 Å². The van der Waals surface area contributed by atoms with Crippen LogP contribution >= 0.6 is 11.3 Å². The van der Waals surface area contributed by atoms with Crippen LogP contribution in [0, 0.1) is 11.8 Å². The lowest BCUT2D eigenvalue weighted by atomic mass is 9.98. The standard InChI is InChI=1S/C20H25NO4S/c1-20(21,14-22)9-8-19-7-6-18(26-19)5-4-10-25-17-12-15(23-2)11-16(13-17)24-3/h6-7,11-13,22H,8-10,14,21H2,1-3H3. The highest BCUT2D eigenvalue weighted by atomic mass is 32.1. The van der Waals surface area contributed by atoms with E-state index in [0.717, 1.165) is 17.7 Å². The third-order valence-electron chi connectivity index (χ3n) is 3.81. The number of benzene rings is 1. The zero-order chi connectivity index (χ0) is 19.0. The van der Waals surface area contributed by atoms with Gasteiger partial charge in [0, 0.05) is 28.6 Å². The van der Waals surface area contributed by atoms with Crippen molar-refractivity contribution in [1.29, 1.82) is 0 Å². The molecule has 0 spiro atoms. The second kappa shape index (κ2) is 9.48. The molecule has 0 aliphatic rings. The summed E-state index contributed by atoms with van der Waals surface area (Å²) in [4.78, 5) is 2.19. The van der Waals surface area contributed by atoms with Gasteiger partial charge in [-0.3, -0.25) is 0 Å². The number of nitrogens with two attached hydrogens (primary N) is 1. The molecule has 1 unspecified atom stereocenters. The lowest BCUT2D eigenvalue weighted by molar-refractivity contribution is 0.201. The summed E-state index contributed by atoms with van der Waals surface area (Å²) >= 11 is 1.64. The molecular formula is C20H25NO4S. The van der Waals surface area contributed by atoms with Gasteiger partial charge in [-0.25, -0.2) is 0 Å². The lowest BCUT2D eigenvalue weighted by Crippen LogP contribution is -2.40. The van der Waals surface area contributed by atoms with Crippen LogP contribution in [0.1, 0.15) is 23.1 Å². The fraction of sp³-hybridized carbons (Fsp3) is 0.400. The summed E-state index contributed by atoms with van der Waals surface area (Å²) < 4.78 is 16.1. The molecule has 0 fully saturated rings. The monoisotopic (exact) mass is 375 g/mol. The van der Waals surface area contributed by atoms with E-state index in [1.54, 1.807) is 43.8 Å². The fourth-order valence-electron chi connectivity index (χ4n) is 2.17. The first-order valence-electron chi connectivity index (χ1n) is 8.29. The summed E-state index contributed by atoms with van der Waals surface area (Å²) in [6.07, 6.45) is 1.57. The Hall–Kier alpha value is -2.20. The topological polar surface area (TPSA) is 73.9 Å². The average Bonchev–Trinajstić information content (AvgIpc) is 3.11. The van der Waals surface area contributed by atoms with Crippen molar-refractivity contribution in [1.82, 2.24) is 0 Å². The number of rotatable bonds is 8. The van der Waals surface area contributed by atoms with Gasteiger partial charge < -0.3 is 25.1 Å². The Kier molecular flexibility index (Phi) is 7.34. The van der Waals surface area contributed by atoms with Crippen molar-refractivity contribution < 1.29 is 19.3 Å². The van der Waals surface area contributed by atoms with E-state index in [1.807, 2.05) is 13.0 Å². The van der Waals surface area contributed by atoms with Crippen LogP contribution in [0.5, 0.6) is 17.2 Å². The molecule has 1 aromatic carbocycles. The maximum absolute atomic E-state index is 9.21. The first-order chi connectivity index (χ1) is 12.5. The number of aliphatic hydroxyl groups excluding tert-OH is 1. The average molecular weight is 375 g/mol. The molecule has 0 radical (unpaired) electrons. The predicted octanol–water partition coefficient (Wildman–Crippen LogP) is 2.84. The van der Waals surface area contributed by atoms with Crippen LogP contribution in [-0.4, -0.2) is 38.1 Å². The number of ether oxygens (including phenoxy) is 3. The predicted molar refractivity (Wildman–Crippen MR) is 104 cm³/mol. The van der Waals surface area contributed by atoms with Crippen molar-refractivity contribution in [2.75, 3.05) is 27.4 Å². The highest BCUT2D eigenvalue weighted by Gasteiger charge is 2.16. The molecule has 1 heterocycles. The summed E-state index contributed by atoms with van der Waals surface area (Å²) in [6.45, 7) is 2.11. The number of thiophene rings is 1. The van der Waals surface area contributed by atoms with Crippen LogP contribution < -0.4 is 19.9 Å². The van der Waals surface area contributed by atoms with Crippen LogP contribution in [0.25, 0.3) is 0 Å². The number of hydrogen-bond donors (Lipinski definition) is 2. The maximum atomic E-state index is 9.21. The van der Waals surface area contributed by atoms with E-state index in [4.69, 9.17) is 19.9 Å². The van der Waals surface area contributed by atoms with Gasteiger partial charge in [-0.05, 0) is 31.9 Å². The summed E-state index contributed by atoms with van der Waals surface area (Å²) in [5.74, 6) is 8.11. The second-order valence-corrected chi connectivity index (χ2v) is 7.39. The van der Waals surface area contributed by atoms with Crippen LogP contribution in [0.2, 0.25) is 0 Å². The Morgan fingerprint density at radius 1 is 1.12 bits per heavy atom. The van der Waals surface area contributed by atoms with E-state index in [0.29, 0.717) is 17.2 Å². The smallest absolute Gasteiger partial charge is 0.149 e. The van der Waals surface area contributed by atoms with E-state index < -0.39 is 5.54 Å². The molecule has 5 nitrogen and oxygen atoms in total. The number of hydrogen-bond acceptors (Lipinski definition) is 6. The third kappa shape index (κ3) is 6.26. The summed E-state index contributed by atoms with van der Waals surface area (Å²) in [5.41, 5.74) is 5.42. The Bertz CT molecular complexity index is 751. The van der Waals surface area contributed by atoms with E-state index >= 15 is 0 Å². The normalized spacial score (nSPS) is 12.7. The first-order valence-corrected chi connectivity index (χ1v) is 9.10. The molecular weight excluding hydrogens is 350 g/mol. The molecule has 0 amide bonds. The minimum atomic E-state index is -0.540. The first kappa shape index (κ1) is 20.1. The lowest BCUT2D eigenvalue weighted by Gasteiger charge is -2.20. The highest BCUT2D eigenvalue weighted by molar-refractivity contribution is 7.12. The fourth-order valence-corrected chi connectivity index (χ4v) is 3.06. The molecule has 0 saturated heterocycles. The van der Waals surface area contributed by atoms with Crippen LogP contribution in [0.15, 0.2) is 30.3 Å². The van der Waals surface area contributed by atoms with Crippen molar-refractivity contribution in [3.63, 3.8) is 0 Å². The van der Waals surface area contributed by atoms with Gasteiger partial charge in [0.25, 0.3) is 0 Å². The summed E-state index contributed by atoms with van der Waals surface area (Å²) in [6, 6.07) is 9.41. The van der Waals surface area contributed by atoms with Crippen LogP contribution in [0.3, 0.4) is 0 Å². The molecule has 0 aliphatic heterocycles. The maximum Gasteiger partial charge on any atom is 0.149 e. The molecule has 0 saturated carbocycles. The minimum absolute atomic E-state index is 0.0164. The molecule has 0 bridgehead atoms. The van der Waals surface area contributed by atoms with Gasteiger partial charge in [-0.1, -0.05) is 11.8 Å². The van der Waals surface area contributed by atoms with Crippen molar-refractivity contribution >= 4 is 11.3 Å². The zero-order valence-corrected chi connectivity index (χ0v) is 16.2. The minimum Gasteiger partial charge on any atom is -0.496 e. The number of aliphatic hydroxyl groups is 1. The van der Waals surface area contributed by atoms with Crippen molar-refractivity contribution in [3.05, 3.63) is 40.1 Å². The van der Waals surface area contributed by atoms with Crippen LogP contribution in [-0.2, 0) is 6.42 Å². The third-order valence-corrected chi connectivity index (χ3v) is 4.87. The Morgan fingerprint density at radius 2 is 1.77 bits per heavy atom.